The van der Waals surface area contributed by atoms with E-state index in [1.807, 2.05) is 45.9 Å². The van der Waals surface area contributed by atoms with Crippen LogP contribution in [0.15, 0.2) is 18.2 Å². The molecular formula is C28H45N3O4. The Balaban J connectivity index is 2.47. The van der Waals surface area contributed by atoms with Gasteiger partial charge in [0.15, 0.2) is 0 Å². The second-order valence-electron chi connectivity index (χ2n) is 11.1. The van der Waals surface area contributed by atoms with Crippen LogP contribution < -0.4 is 10.6 Å². The summed E-state index contributed by atoms with van der Waals surface area (Å²) in [5, 5.41) is 5.84. The van der Waals surface area contributed by atoms with Crippen molar-refractivity contribution >= 4 is 17.9 Å². The van der Waals surface area contributed by atoms with Gasteiger partial charge in [0.1, 0.15) is 17.7 Å². The van der Waals surface area contributed by atoms with Crippen molar-refractivity contribution in [3.05, 3.63) is 34.9 Å². The number of amides is 3. The molecule has 0 spiro atoms. The van der Waals surface area contributed by atoms with Crippen LogP contribution in [0.4, 0.5) is 4.79 Å². The van der Waals surface area contributed by atoms with Gasteiger partial charge in [-0.3, -0.25) is 9.59 Å². The van der Waals surface area contributed by atoms with E-state index in [9.17, 15) is 14.4 Å². The van der Waals surface area contributed by atoms with E-state index >= 15 is 0 Å². The number of rotatable bonds is 10. The number of hydrogen-bond acceptors (Lipinski definition) is 4. The van der Waals surface area contributed by atoms with Gasteiger partial charge < -0.3 is 20.3 Å². The maximum atomic E-state index is 14.1. The molecule has 3 amide bonds. The molecule has 1 aromatic carbocycles. The number of ether oxygens (including phenoxy) is 1. The van der Waals surface area contributed by atoms with E-state index in [4.69, 9.17) is 4.74 Å². The van der Waals surface area contributed by atoms with Crippen molar-refractivity contribution in [2.75, 3.05) is 6.54 Å². The Labute approximate surface area is 211 Å². The topological polar surface area (TPSA) is 87.7 Å². The maximum absolute atomic E-state index is 14.1. The molecule has 2 rings (SSSR count). The zero-order valence-electron chi connectivity index (χ0n) is 22.9. The van der Waals surface area contributed by atoms with Crippen molar-refractivity contribution in [1.29, 1.82) is 0 Å². The molecule has 2 unspecified atom stereocenters. The van der Waals surface area contributed by atoms with Gasteiger partial charge in [0, 0.05) is 12.6 Å². The highest BCUT2D eigenvalue weighted by molar-refractivity contribution is 5.92. The van der Waals surface area contributed by atoms with E-state index in [-0.39, 0.29) is 23.8 Å². The average Bonchev–Trinajstić information content (AvgIpc) is 2.71. The average molecular weight is 488 g/mol. The van der Waals surface area contributed by atoms with Crippen LogP contribution in [0, 0.1) is 19.8 Å². The van der Waals surface area contributed by atoms with E-state index in [0.717, 1.165) is 48.8 Å². The zero-order chi connectivity index (χ0) is 26.3. The third kappa shape index (κ3) is 7.97. The first kappa shape index (κ1) is 28.7. The van der Waals surface area contributed by atoms with Crippen molar-refractivity contribution in [3.63, 3.8) is 0 Å². The summed E-state index contributed by atoms with van der Waals surface area (Å²) >= 11 is 0. The molecule has 0 radical (unpaired) electrons. The number of benzene rings is 1. The molecular weight excluding hydrogens is 442 g/mol. The van der Waals surface area contributed by atoms with Gasteiger partial charge >= 0.3 is 6.09 Å². The summed E-state index contributed by atoms with van der Waals surface area (Å²) in [5.74, 6) is -0.604. The largest absolute Gasteiger partial charge is 0.444 e. The number of hydrogen-bond donors (Lipinski definition) is 2. The molecule has 0 bridgehead atoms. The van der Waals surface area contributed by atoms with Gasteiger partial charge in [-0.25, -0.2) is 4.79 Å². The molecule has 35 heavy (non-hydrogen) atoms. The Morgan fingerprint density at radius 2 is 1.77 bits per heavy atom. The zero-order valence-corrected chi connectivity index (χ0v) is 22.9. The second-order valence-corrected chi connectivity index (χ2v) is 11.1. The Morgan fingerprint density at radius 3 is 2.26 bits per heavy atom. The number of nitrogens with zero attached hydrogens (tertiary/aromatic N) is 1. The summed E-state index contributed by atoms with van der Waals surface area (Å²) in [6.07, 6.45) is 3.90. The highest BCUT2D eigenvalue weighted by Gasteiger charge is 2.42. The van der Waals surface area contributed by atoms with E-state index in [2.05, 4.69) is 17.6 Å². The maximum Gasteiger partial charge on any atom is 0.408 e. The lowest BCUT2D eigenvalue weighted by atomic mass is 9.87. The molecule has 196 valence electrons. The number of nitrogens with one attached hydrogen (secondary N) is 2. The van der Waals surface area contributed by atoms with Crippen LogP contribution in [0.3, 0.4) is 0 Å². The fraction of sp³-hybridized carbons (Fsp3) is 0.679. The Morgan fingerprint density at radius 1 is 1.11 bits per heavy atom. The SMILES string of the molecule is CCCCNC(=O)C(c1ccc(C)c(C)c1)N(C(=O)C(NC(=O)OC(C)(C)C)C(C)C)C1CCC1. The molecule has 1 aliphatic rings. The van der Waals surface area contributed by atoms with Gasteiger partial charge in [0.25, 0.3) is 0 Å². The van der Waals surface area contributed by atoms with Gasteiger partial charge in [-0.2, -0.15) is 0 Å². The van der Waals surface area contributed by atoms with E-state index in [0.29, 0.717) is 6.54 Å². The lowest BCUT2D eigenvalue weighted by Gasteiger charge is -2.44. The van der Waals surface area contributed by atoms with Crippen LogP contribution in [0.2, 0.25) is 0 Å². The van der Waals surface area contributed by atoms with Crippen molar-refractivity contribution in [1.82, 2.24) is 15.5 Å². The third-order valence-electron chi connectivity index (χ3n) is 6.53. The van der Waals surface area contributed by atoms with Crippen molar-refractivity contribution in [3.8, 4) is 0 Å². The first-order valence-corrected chi connectivity index (χ1v) is 13.0. The highest BCUT2D eigenvalue weighted by atomic mass is 16.6. The molecule has 2 N–H and O–H groups in total. The molecule has 2 atom stereocenters. The standard InChI is InChI=1S/C28H45N3O4/c1-9-10-16-29-25(32)24(21-15-14-19(4)20(5)17-21)31(22-12-11-13-22)26(33)23(18(2)3)30-27(34)35-28(6,7)8/h14-15,17-18,22-24H,9-13,16H2,1-8H3,(H,29,32)(H,30,34). The lowest BCUT2D eigenvalue weighted by molar-refractivity contribution is -0.148. The number of carbonyl (C=O) groups is 3. The Bertz CT molecular complexity index is 887. The van der Waals surface area contributed by atoms with Gasteiger partial charge in [-0.05, 0) is 82.9 Å². The summed E-state index contributed by atoms with van der Waals surface area (Å²) in [6, 6.07) is 4.33. The molecule has 0 aromatic heterocycles. The first-order chi connectivity index (χ1) is 16.4. The highest BCUT2D eigenvalue weighted by Crippen LogP contribution is 2.35. The van der Waals surface area contributed by atoms with Crippen molar-refractivity contribution in [2.24, 2.45) is 5.92 Å². The summed E-state index contributed by atoms with van der Waals surface area (Å²) in [7, 11) is 0. The molecule has 0 heterocycles. The second kappa shape index (κ2) is 12.4. The molecule has 7 heteroatoms. The number of carbonyl (C=O) groups excluding carboxylic acids is 3. The summed E-state index contributed by atoms with van der Waals surface area (Å²) in [5.41, 5.74) is 2.32. The van der Waals surface area contributed by atoms with Crippen LogP contribution in [-0.4, -0.2) is 47.0 Å². The van der Waals surface area contributed by atoms with Gasteiger partial charge in [0.2, 0.25) is 11.8 Å². The quantitative estimate of drug-likeness (QED) is 0.445. The van der Waals surface area contributed by atoms with Crippen molar-refractivity contribution < 1.29 is 19.1 Å². The van der Waals surface area contributed by atoms with Gasteiger partial charge in [-0.1, -0.05) is 45.4 Å². The van der Waals surface area contributed by atoms with Crippen LogP contribution in [-0.2, 0) is 14.3 Å². The summed E-state index contributed by atoms with van der Waals surface area (Å²) in [4.78, 5) is 42.0. The number of aryl methyl sites for hydroxylation is 2. The predicted octanol–water partition coefficient (Wildman–Crippen LogP) is 5.19. The van der Waals surface area contributed by atoms with Gasteiger partial charge in [-0.15, -0.1) is 0 Å². The molecule has 0 aliphatic heterocycles. The third-order valence-corrected chi connectivity index (χ3v) is 6.53. The normalized spacial score (nSPS) is 15.7. The lowest BCUT2D eigenvalue weighted by Crippen LogP contribution is -2.58. The van der Waals surface area contributed by atoms with E-state index < -0.39 is 23.8 Å². The van der Waals surface area contributed by atoms with E-state index in [1.54, 1.807) is 25.7 Å². The first-order valence-electron chi connectivity index (χ1n) is 13.0. The number of unbranched alkanes of at least 4 members (excludes halogenated alkanes) is 1. The van der Waals surface area contributed by atoms with Crippen LogP contribution in [0.1, 0.15) is 96.4 Å². The molecule has 0 saturated heterocycles. The number of alkyl carbamates (subject to hydrolysis) is 1. The molecule has 7 nitrogen and oxygen atoms in total. The Kier molecular flexibility index (Phi) is 10.2. The van der Waals surface area contributed by atoms with Crippen LogP contribution in [0.25, 0.3) is 0 Å². The van der Waals surface area contributed by atoms with Crippen LogP contribution in [0.5, 0.6) is 0 Å². The monoisotopic (exact) mass is 487 g/mol. The van der Waals surface area contributed by atoms with Gasteiger partial charge in [0.05, 0.1) is 0 Å². The van der Waals surface area contributed by atoms with Crippen LogP contribution >= 0.6 is 0 Å². The minimum absolute atomic E-state index is 0.0484. The fourth-order valence-corrected chi connectivity index (χ4v) is 4.15. The summed E-state index contributed by atoms with van der Waals surface area (Å²) in [6.45, 7) is 15.8. The predicted molar refractivity (Wildman–Crippen MR) is 139 cm³/mol. The van der Waals surface area contributed by atoms with Crippen molar-refractivity contribution in [2.45, 2.75) is 111 Å². The fourth-order valence-electron chi connectivity index (χ4n) is 4.15. The molecule has 1 aromatic rings. The molecule has 1 aliphatic carbocycles. The minimum Gasteiger partial charge on any atom is -0.444 e. The molecule has 1 saturated carbocycles. The smallest absolute Gasteiger partial charge is 0.408 e. The summed E-state index contributed by atoms with van der Waals surface area (Å²) < 4.78 is 5.44. The Hall–Kier alpha value is -2.57. The van der Waals surface area contributed by atoms with E-state index in [1.165, 1.54) is 0 Å². The minimum atomic E-state index is -0.803. The molecule has 1 fully saturated rings.